The van der Waals surface area contributed by atoms with Gasteiger partial charge in [0.2, 0.25) is 0 Å². The Hall–Kier alpha value is 0.290. The molecule has 2 aliphatic rings. The first-order valence-electron chi connectivity index (χ1n) is 6.31. The fourth-order valence-corrected chi connectivity index (χ4v) is 13.7. The van der Waals surface area contributed by atoms with Crippen molar-refractivity contribution in [2.24, 2.45) is 0 Å². The number of halogens is 2. The number of hydrogen-bond donors (Lipinski definition) is 0. The number of benzene rings is 1. The molecule has 3 rings (SSSR count). The number of rotatable bonds is 1. The van der Waals surface area contributed by atoms with E-state index in [1.54, 1.807) is 5.54 Å². The van der Waals surface area contributed by atoms with Crippen molar-refractivity contribution in [3.63, 3.8) is 0 Å². The van der Waals surface area contributed by atoms with E-state index in [1.165, 1.54) is 22.9 Å². The molecule has 1 atom stereocenters. The molecule has 1 nitrogen and oxygen atoms in total. The quantitative estimate of drug-likeness (QED) is 0.650. The molecule has 1 aromatic carbocycles. The molecule has 18 heavy (non-hydrogen) atoms. The van der Waals surface area contributed by atoms with E-state index >= 15 is 0 Å². The van der Waals surface area contributed by atoms with E-state index in [1.807, 2.05) is 18.2 Å². The molecule has 1 unspecified atom stereocenters. The van der Waals surface area contributed by atoms with E-state index in [0.29, 0.717) is 0 Å². The van der Waals surface area contributed by atoms with Crippen molar-refractivity contribution in [3.8, 4) is 0 Å². The van der Waals surface area contributed by atoms with E-state index in [2.05, 4.69) is 12.1 Å². The SMILES string of the molecule is Cl/C=C1\C2(CCCCC2)O[Te]1(Cl)c1ccccc1. The van der Waals surface area contributed by atoms with Crippen LogP contribution >= 0.6 is 20.6 Å². The Bertz CT molecular complexity index is 468. The zero-order chi connectivity index (χ0) is 12.6. The van der Waals surface area contributed by atoms with E-state index in [9.17, 15) is 0 Å². The fourth-order valence-electron chi connectivity index (χ4n) is 2.89. The monoisotopic (exact) mass is 400 g/mol. The summed E-state index contributed by atoms with van der Waals surface area (Å²) >= 11 is 3.03. The molecular weight excluding hydrogens is 383 g/mol. The first-order valence-corrected chi connectivity index (χ1v) is 13.0. The van der Waals surface area contributed by atoms with Gasteiger partial charge in [-0.25, -0.2) is 0 Å². The first kappa shape index (κ1) is 13.3. The predicted molar refractivity (Wildman–Crippen MR) is 78.5 cm³/mol. The van der Waals surface area contributed by atoms with Gasteiger partial charge < -0.3 is 0 Å². The Morgan fingerprint density at radius 2 is 1.78 bits per heavy atom. The van der Waals surface area contributed by atoms with E-state index in [-0.39, 0.29) is 5.60 Å². The minimum atomic E-state index is -3.05. The maximum absolute atomic E-state index is 6.84. The Labute approximate surface area is 121 Å². The van der Waals surface area contributed by atoms with Crippen LogP contribution in [0, 0.1) is 0 Å². The average Bonchev–Trinajstić information content (AvgIpc) is 2.40. The van der Waals surface area contributed by atoms with Gasteiger partial charge in [0.1, 0.15) is 0 Å². The van der Waals surface area contributed by atoms with Crippen LogP contribution < -0.4 is 3.61 Å². The van der Waals surface area contributed by atoms with Gasteiger partial charge in [0, 0.05) is 0 Å². The standard InChI is InChI=1S/C14H16Cl2OTe/c15-11-13-14(9-5-2-6-10-14)17-18(13,16)12-7-3-1-4-8-12/h1,3-4,7-8,11H,2,5-6,9-10H2/b13-11+. The van der Waals surface area contributed by atoms with E-state index < -0.39 is 17.5 Å². The van der Waals surface area contributed by atoms with Gasteiger partial charge in [0.15, 0.2) is 0 Å². The molecule has 1 aliphatic carbocycles. The molecule has 1 saturated heterocycles. The van der Waals surface area contributed by atoms with Gasteiger partial charge in [-0.1, -0.05) is 0 Å². The van der Waals surface area contributed by atoms with Crippen LogP contribution in [0.1, 0.15) is 32.1 Å². The van der Waals surface area contributed by atoms with Crippen molar-refractivity contribution in [1.82, 2.24) is 0 Å². The fraction of sp³-hybridized carbons (Fsp3) is 0.429. The van der Waals surface area contributed by atoms with Crippen molar-refractivity contribution in [2.75, 3.05) is 0 Å². The molecule has 4 heteroatoms. The third-order valence-corrected chi connectivity index (χ3v) is 14.3. The van der Waals surface area contributed by atoms with Crippen LogP contribution in [0.2, 0.25) is 0 Å². The summed E-state index contributed by atoms with van der Waals surface area (Å²) in [5.74, 6) is 0. The Morgan fingerprint density at radius 1 is 1.11 bits per heavy atom. The van der Waals surface area contributed by atoms with Gasteiger partial charge in [-0.3, -0.25) is 0 Å². The van der Waals surface area contributed by atoms with Gasteiger partial charge in [-0.15, -0.1) is 0 Å². The van der Waals surface area contributed by atoms with Crippen molar-refractivity contribution in [3.05, 3.63) is 39.5 Å². The molecular formula is C14H16Cl2OTe. The van der Waals surface area contributed by atoms with Crippen LogP contribution in [0.3, 0.4) is 0 Å². The Morgan fingerprint density at radius 3 is 2.39 bits per heavy atom. The molecule has 1 aromatic rings. The van der Waals surface area contributed by atoms with Crippen molar-refractivity contribution in [1.29, 1.82) is 0 Å². The average molecular weight is 399 g/mol. The molecule has 1 spiro atoms. The maximum atomic E-state index is 6.84. The van der Waals surface area contributed by atoms with Gasteiger partial charge in [0.25, 0.3) is 0 Å². The van der Waals surface area contributed by atoms with Crippen LogP contribution in [-0.4, -0.2) is 23.1 Å². The molecule has 1 heterocycles. The van der Waals surface area contributed by atoms with E-state index in [0.717, 1.165) is 16.5 Å². The molecule has 0 bridgehead atoms. The van der Waals surface area contributed by atoms with Crippen LogP contribution in [0.5, 0.6) is 0 Å². The van der Waals surface area contributed by atoms with Gasteiger partial charge in [0.05, 0.1) is 0 Å². The van der Waals surface area contributed by atoms with Crippen molar-refractivity contribution < 1.29 is 3.10 Å². The summed E-state index contributed by atoms with van der Waals surface area (Å²) in [6.07, 6.45) is 5.91. The summed E-state index contributed by atoms with van der Waals surface area (Å²) in [5, 5.41) is 0. The molecule has 0 amide bonds. The normalized spacial score (nSPS) is 36.0. The summed E-state index contributed by atoms with van der Waals surface area (Å²) in [6.45, 7) is 0. The molecule has 2 fully saturated rings. The zero-order valence-electron chi connectivity index (χ0n) is 10.1. The first-order chi connectivity index (χ1) is 8.71. The molecule has 0 radical (unpaired) electrons. The van der Waals surface area contributed by atoms with Gasteiger partial charge in [-0.05, 0) is 0 Å². The topological polar surface area (TPSA) is 9.23 Å². The van der Waals surface area contributed by atoms with Crippen LogP contribution in [0.25, 0.3) is 0 Å². The molecule has 0 N–H and O–H groups in total. The second-order valence-corrected chi connectivity index (χ2v) is 13.9. The summed E-state index contributed by atoms with van der Waals surface area (Å²) < 4.78 is 8.73. The molecule has 1 saturated carbocycles. The van der Waals surface area contributed by atoms with Crippen molar-refractivity contribution in [2.45, 2.75) is 37.7 Å². The van der Waals surface area contributed by atoms with Gasteiger partial charge in [-0.2, -0.15) is 0 Å². The Kier molecular flexibility index (Phi) is 3.69. The summed E-state index contributed by atoms with van der Waals surface area (Å²) in [7, 11) is 6.84. The second kappa shape index (κ2) is 5.00. The Balaban J connectivity index is 1.93. The van der Waals surface area contributed by atoms with Crippen LogP contribution in [-0.2, 0) is 3.10 Å². The summed E-state index contributed by atoms with van der Waals surface area (Å²) in [4.78, 5) is 0. The van der Waals surface area contributed by atoms with Crippen LogP contribution in [0.15, 0.2) is 39.5 Å². The predicted octanol–water partition coefficient (Wildman–Crippen LogP) is 3.97. The summed E-state index contributed by atoms with van der Waals surface area (Å²) in [5.41, 5.74) is 1.61. The molecule has 98 valence electrons. The second-order valence-electron chi connectivity index (χ2n) is 4.91. The van der Waals surface area contributed by atoms with Gasteiger partial charge >= 0.3 is 122 Å². The molecule has 1 aliphatic heterocycles. The third-order valence-electron chi connectivity index (χ3n) is 3.81. The third kappa shape index (κ3) is 1.94. The molecule has 0 aromatic heterocycles. The zero-order valence-corrected chi connectivity index (χ0v) is 13.9. The van der Waals surface area contributed by atoms with Crippen molar-refractivity contribution >= 4 is 41.6 Å². The summed E-state index contributed by atoms with van der Waals surface area (Å²) in [6, 6.07) is 10.2. The van der Waals surface area contributed by atoms with Crippen LogP contribution in [0.4, 0.5) is 0 Å². The number of hydrogen-bond acceptors (Lipinski definition) is 1. The minimum absolute atomic E-state index is 0.112. The van der Waals surface area contributed by atoms with E-state index in [4.69, 9.17) is 23.7 Å².